The average molecular weight is 222 g/mol. The molecule has 2 aliphatic rings. The highest BCUT2D eigenvalue weighted by molar-refractivity contribution is 5.44. The summed E-state index contributed by atoms with van der Waals surface area (Å²) >= 11 is 0. The molecule has 0 N–H and O–H groups in total. The Kier molecular flexibility index (Phi) is 2.46. The van der Waals surface area contributed by atoms with Crippen molar-refractivity contribution in [3.8, 4) is 11.5 Å². The van der Waals surface area contributed by atoms with Crippen LogP contribution in [0, 0.1) is 0 Å². The predicted octanol–water partition coefficient (Wildman–Crippen LogP) is 1.89. The lowest BCUT2D eigenvalue weighted by molar-refractivity contribution is 0.0538. The molecule has 4 nitrogen and oxygen atoms in total. The van der Waals surface area contributed by atoms with Crippen molar-refractivity contribution in [3.63, 3.8) is 0 Å². The summed E-state index contributed by atoms with van der Waals surface area (Å²) in [5.74, 6) is 1.61. The van der Waals surface area contributed by atoms with Gasteiger partial charge >= 0.3 is 0 Å². The van der Waals surface area contributed by atoms with Crippen LogP contribution in [0.4, 0.5) is 0 Å². The van der Waals surface area contributed by atoms with E-state index < -0.39 is 0 Å². The van der Waals surface area contributed by atoms with E-state index in [0.29, 0.717) is 19.5 Å². The molecule has 3 rings (SSSR count). The minimum atomic E-state index is 0.0544. The van der Waals surface area contributed by atoms with E-state index in [1.165, 1.54) is 0 Å². The van der Waals surface area contributed by atoms with Crippen LogP contribution in [0.15, 0.2) is 18.2 Å². The molecule has 0 aliphatic carbocycles. The van der Waals surface area contributed by atoms with Crippen LogP contribution in [-0.4, -0.2) is 26.1 Å². The second-order valence-electron chi connectivity index (χ2n) is 4.04. The van der Waals surface area contributed by atoms with Gasteiger partial charge in [0.15, 0.2) is 11.5 Å². The molecule has 16 heavy (non-hydrogen) atoms. The predicted molar refractivity (Wildman–Crippen MR) is 56.7 cm³/mol. The molecule has 2 atom stereocenters. The topological polar surface area (TPSA) is 40.2 Å². The molecule has 1 aromatic carbocycles. The summed E-state index contributed by atoms with van der Waals surface area (Å²) in [5, 5.41) is 0. The minimum Gasteiger partial charge on any atom is -0.454 e. The number of fused-ring (bicyclic) bond motifs is 1. The van der Waals surface area contributed by atoms with Crippen LogP contribution >= 0.6 is 0 Å². The maximum Gasteiger partial charge on any atom is 0.231 e. The van der Waals surface area contributed by atoms with Gasteiger partial charge in [-0.15, -0.1) is 0 Å². The van der Waals surface area contributed by atoms with Gasteiger partial charge in [-0.1, -0.05) is 6.07 Å². The molecule has 86 valence electrons. The molecule has 0 aromatic heterocycles. The van der Waals surface area contributed by atoms with E-state index in [0.717, 1.165) is 23.7 Å². The normalized spacial score (nSPS) is 23.2. The van der Waals surface area contributed by atoms with Gasteiger partial charge in [-0.2, -0.15) is 0 Å². The molecule has 2 aliphatic heterocycles. The lowest BCUT2D eigenvalue weighted by Crippen LogP contribution is -2.06. The summed E-state index contributed by atoms with van der Waals surface area (Å²) in [7, 11) is 0. The lowest BCUT2D eigenvalue weighted by atomic mass is 10.1. The van der Waals surface area contributed by atoms with Crippen LogP contribution in [-0.2, 0) is 9.47 Å². The van der Waals surface area contributed by atoms with E-state index in [1.54, 1.807) is 0 Å². The van der Waals surface area contributed by atoms with Crippen LogP contribution in [0.3, 0.4) is 0 Å². The third-order valence-electron chi connectivity index (χ3n) is 2.80. The number of ether oxygens (including phenoxy) is 4. The summed E-state index contributed by atoms with van der Waals surface area (Å²) in [5.41, 5.74) is 1.10. The van der Waals surface area contributed by atoms with Gasteiger partial charge in [0, 0.05) is 0 Å². The quantitative estimate of drug-likeness (QED) is 0.729. The monoisotopic (exact) mass is 222 g/mol. The SMILES string of the molecule is C[C@@H](OC[C@@H]1CO1)c1ccc2c(c1)OCO2. The Bertz CT molecular complexity index is 387. The van der Waals surface area contributed by atoms with Gasteiger partial charge in [-0.3, -0.25) is 0 Å². The molecule has 1 aromatic rings. The third kappa shape index (κ3) is 1.99. The van der Waals surface area contributed by atoms with Gasteiger partial charge in [-0.05, 0) is 24.6 Å². The molecule has 0 saturated carbocycles. The van der Waals surface area contributed by atoms with Gasteiger partial charge in [0.1, 0.15) is 6.10 Å². The third-order valence-corrected chi connectivity index (χ3v) is 2.80. The van der Waals surface area contributed by atoms with Crippen molar-refractivity contribution in [3.05, 3.63) is 23.8 Å². The van der Waals surface area contributed by atoms with Crippen molar-refractivity contribution in [2.75, 3.05) is 20.0 Å². The first-order chi connectivity index (χ1) is 7.83. The molecule has 4 heteroatoms. The van der Waals surface area contributed by atoms with E-state index in [-0.39, 0.29) is 6.10 Å². The van der Waals surface area contributed by atoms with Gasteiger partial charge in [0.2, 0.25) is 6.79 Å². The van der Waals surface area contributed by atoms with E-state index in [9.17, 15) is 0 Å². The van der Waals surface area contributed by atoms with Crippen molar-refractivity contribution in [2.45, 2.75) is 19.1 Å². The van der Waals surface area contributed by atoms with E-state index in [1.807, 2.05) is 25.1 Å². The number of hydrogen-bond donors (Lipinski definition) is 0. The molecule has 1 fully saturated rings. The summed E-state index contributed by atoms with van der Waals surface area (Å²) in [6, 6.07) is 5.90. The highest BCUT2D eigenvalue weighted by atomic mass is 16.7. The summed E-state index contributed by atoms with van der Waals surface area (Å²) in [6.45, 7) is 3.83. The number of benzene rings is 1. The zero-order chi connectivity index (χ0) is 11.0. The first kappa shape index (κ1) is 9.93. The van der Waals surface area contributed by atoms with Crippen molar-refractivity contribution in [1.29, 1.82) is 0 Å². The van der Waals surface area contributed by atoms with E-state index in [4.69, 9.17) is 18.9 Å². The molecular formula is C12H14O4. The average Bonchev–Trinajstić information content (AvgIpc) is 3.01. The zero-order valence-electron chi connectivity index (χ0n) is 9.14. The molecule has 0 amide bonds. The van der Waals surface area contributed by atoms with Crippen molar-refractivity contribution < 1.29 is 18.9 Å². The molecule has 1 saturated heterocycles. The van der Waals surface area contributed by atoms with Crippen LogP contribution < -0.4 is 9.47 Å². The summed E-state index contributed by atoms with van der Waals surface area (Å²) in [4.78, 5) is 0. The van der Waals surface area contributed by atoms with Gasteiger partial charge in [-0.25, -0.2) is 0 Å². The van der Waals surface area contributed by atoms with E-state index >= 15 is 0 Å². The first-order valence-electron chi connectivity index (χ1n) is 5.45. The standard InChI is InChI=1S/C12H14O4/c1-8(13-5-10-6-14-10)9-2-3-11-12(4-9)16-7-15-11/h2-4,8,10H,5-7H2,1H3/t8-,10-/m1/s1. The van der Waals surface area contributed by atoms with Crippen molar-refractivity contribution in [1.82, 2.24) is 0 Å². The Hall–Kier alpha value is -1.26. The smallest absolute Gasteiger partial charge is 0.231 e. The van der Waals surface area contributed by atoms with Gasteiger partial charge in [0.05, 0.1) is 19.3 Å². The van der Waals surface area contributed by atoms with Crippen LogP contribution in [0.2, 0.25) is 0 Å². The lowest BCUT2D eigenvalue weighted by Gasteiger charge is -2.12. The van der Waals surface area contributed by atoms with Crippen LogP contribution in [0.25, 0.3) is 0 Å². The second kappa shape index (κ2) is 3.96. The fourth-order valence-corrected chi connectivity index (χ4v) is 1.68. The second-order valence-corrected chi connectivity index (χ2v) is 4.04. The number of epoxide rings is 1. The Balaban J connectivity index is 1.67. The van der Waals surface area contributed by atoms with Crippen LogP contribution in [0.1, 0.15) is 18.6 Å². The molecule has 0 unspecified atom stereocenters. The zero-order valence-corrected chi connectivity index (χ0v) is 9.14. The molecule has 0 bridgehead atoms. The fourth-order valence-electron chi connectivity index (χ4n) is 1.68. The maximum atomic E-state index is 5.69. The minimum absolute atomic E-state index is 0.0544. The first-order valence-corrected chi connectivity index (χ1v) is 5.45. The van der Waals surface area contributed by atoms with Gasteiger partial charge < -0.3 is 18.9 Å². The highest BCUT2D eigenvalue weighted by Crippen LogP contribution is 2.34. The van der Waals surface area contributed by atoms with E-state index in [2.05, 4.69) is 0 Å². The van der Waals surface area contributed by atoms with Crippen LogP contribution in [0.5, 0.6) is 11.5 Å². The van der Waals surface area contributed by atoms with Crippen molar-refractivity contribution >= 4 is 0 Å². The molecular weight excluding hydrogens is 208 g/mol. The Labute approximate surface area is 94.1 Å². The number of rotatable bonds is 4. The summed E-state index contributed by atoms with van der Waals surface area (Å²) < 4.78 is 21.4. The Morgan fingerprint density at radius 1 is 1.38 bits per heavy atom. The fraction of sp³-hybridized carbons (Fsp3) is 0.500. The Morgan fingerprint density at radius 2 is 2.19 bits per heavy atom. The summed E-state index contributed by atoms with van der Waals surface area (Å²) in [6.07, 6.45) is 0.357. The Morgan fingerprint density at radius 3 is 3.00 bits per heavy atom. The largest absolute Gasteiger partial charge is 0.454 e. The maximum absolute atomic E-state index is 5.69. The van der Waals surface area contributed by atoms with Crippen molar-refractivity contribution in [2.24, 2.45) is 0 Å². The molecule has 0 radical (unpaired) electrons. The van der Waals surface area contributed by atoms with Gasteiger partial charge in [0.25, 0.3) is 0 Å². The highest BCUT2D eigenvalue weighted by Gasteiger charge is 2.24. The number of hydrogen-bond acceptors (Lipinski definition) is 4. The molecule has 2 heterocycles. The molecule has 0 spiro atoms.